The van der Waals surface area contributed by atoms with E-state index in [4.69, 9.17) is 17.3 Å². The first-order chi connectivity index (χ1) is 8.67. The fourth-order valence-corrected chi connectivity index (χ4v) is 2.87. The average Bonchev–Trinajstić information content (AvgIpc) is 2.31. The van der Waals surface area contributed by atoms with Crippen LogP contribution in [0.3, 0.4) is 0 Å². The topological polar surface area (TPSA) is 29.3 Å². The molecule has 0 spiro atoms. The van der Waals surface area contributed by atoms with E-state index in [-0.39, 0.29) is 5.82 Å². The van der Waals surface area contributed by atoms with Gasteiger partial charge in [-0.1, -0.05) is 11.6 Å². The summed E-state index contributed by atoms with van der Waals surface area (Å²) in [7, 11) is 0. The first-order valence-electron chi connectivity index (χ1n) is 6.55. The third-order valence-corrected chi connectivity index (χ3v) is 3.83. The summed E-state index contributed by atoms with van der Waals surface area (Å²) < 4.78 is 13.2. The van der Waals surface area contributed by atoms with E-state index in [1.165, 1.54) is 18.9 Å². The van der Waals surface area contributed by atoms with E-state index in [1.54, 1.807) is 6.07 Å². The standard InChI is InChI=1S/C14H20ClFN2/c15-13-7-12(8-14(16)9-13)10-18-5-2-11(1-4-17)3-6-18/h7-9,11H,1-6,10,17H2. The summed E-state index contributed by atoms with van der Waals surface area (Å²) in [5.41, 5.74) is 6.54. The molecule has 0 radical (unpaired) electrons. The van der Waals surface area contributed by atoms with Gasteiger partial charge in [-0.3, -0.25) is 4.90 Å². The van der Waals surface area contributed by atoms with Gasteiger partial charge in [0.05, 0.1) is 0 Å². The van der Waals surface area contributed by atoms with Crippen molar-refractivity contribution >= 4 is 11.6 Å². The maximum atomic E-state index is 13.2. The van der Waals surface area contributed by atoms with E-state index in [2.05, 4.69) is 4.90 Å². The van der Waals surface area contributed by atoms with Gasteiger partial charge >= 0.3 is 0 Å². The number of benzene rings is 1. The highest BCUT2D eigenvalue weighted by molar-refractivity contribution is 6.30. The quantitative estimate of drug-likeness (QED) is 0.911. The van der Waals surface area contributed by atoms with Crippen molar-refractivity contribution in [2.24, 2.45) is 11.7 Å². The van der Waals surface area contributed by atoms with Crippen LogP contribution in [0.5, 0.6) is 0 Å². The smallest absolute Gasteiger partial charge is 0.125 e. The summed E-state index contributed by atoms with van der Waals surface area (Å²) in [6.07, 6.45) is 3.51. The Morgan fingerprint density at radius 3 is 2.61 bits per heavy atom. The lowest BCUT2D eigenvalue weighted by Gasteiger charge is -2.31. The Hall–Kier alpha value is -0.640. The zero-order chi connectivity index (χ0) is 13.0. The van der Waals surface area contributed by atoms with Crippen LogP contribution in [0.25, 0.3) is 0 Å². The molecule has 1 saturated heterocycles. The van der Waals surface area contributed by atoms with Crippen LogP contribution in [-0.4, -0.2) is 24.5 Å². The largest absolute Gasteiger partial charge is 0.330 e. The molecule has 0 bridgehead atoms. The van der Waals surface area contributed by atoms with E-state index < -0.39 is 0 Å². The molecule has 2 N–H and O–H groups in total. The third-order valence-electron chi connectivity index (χ3n) is 3.61. The highest BCUT2D eigenvalue weighted by atomic mass is 35.5. The van der Waals surface area contributed by atoms with Gasteiger partial charge < -0.3 is 5.73 Å². The first kappa shape index (κ1) is 13.8. The van der Waals surface area contributed by atoms with Crippen molar-refractivity contribution in [2.45, 2.75) is 25.8 Å². The summed E-state index contributed by atoms with van der Waals surface area (Å²) >= 11 is 5.86. The molecular formula is C14H20ClFN2. The first-order valence-corrected chi connectivity index (χ1v) is 6.92. The van der Waals surface area contributed by atoms with Crippen molar-refractivity contribution in [3.05, 3.63) is 34.6 Å². The minimum Gasteiger partial charge on any atom is -0.330 e. The average molecular weight is 271 g/mol. The molecule has 4 heteroatoms. The van der Waals surface area contributed by atoms with Gasteiger partial charge in [0.25, 0.3) is 0 Å². The van der Waals surface area contributed by atoms with Gasteiger partial charge in [0.1, 0.15) is 5.82 Å². The van der Waals surface area contributed by atoms with Crippen molar-refractivity contribution in [2.75, 3.05) is 19.6 Å². The summed E-state index contributed by atoms with van der Waals surface area (Å²) in [5.74, 6) is 0.512. The maximum Gasteiger partial charge on any atom is 0.125 e. The van der Waals surface area contributed by atoms with Crippen LogP contribution in [0.2, 0.25) is 5.02 Å². The zero-order valence-corrected chi connectivity index (χ0v) is 11.3. The second-order valence-corrected chi connectivity index (χ2v) is 5.51. The molecule has 1 fully saturated rings. The predicted molar refractivity (Wildman–Crippen MR) is 73.1 cm³/mol. The minimum atomic E-state index is -0.254. The SMILES string of the molecule is NCCC1CCN(Cc2cc(F)cc(Cl)c2)CC1. The molecule has 100 valence electrons. The Labute approximate surface area is 113 Å². The summed E-state index contributed by atoms with van der Waals surface area (Å²) in [6, 6.07) is 4.76. The van der Waals surface area contributed by atoms with Gasteiger partial charge in [-0.05, 0) is 68.6 Å². The molecule has 1 aromatic carbocycles. The van der Waals surface area contributed by atoms with Crippen molar-refractivity contribution in [1.82, 2.24) is 4.90 Å². The summed E-state index contributed by atoms with van der Waals surface area (Å²) in [6.45, 7) is 3.70. The van der Waals surface area contributed by atoms with Crippen LogP contribution in [0.1, 0.15) is 24.8 Å². The van der Waals surface area contributed by atoms with Gasteiger partial charge in [0.2, 0.25) is 0 Å². The Bertz CT molecular complexity index is 369. The molecule has 1 heterocycles. The van der Waals surface area contributed by atoms with Gasteiger partial charge in [0, 0.05) is 11.6 Å². The van der Waals surface area contributed by atoms with Crippen LogP contribution in [-0.2, 0) is 6.54 Å². The minimum absolute atomic E-state index is 0.254. The van der Waals surface area contributed by atoms with Crippen LogP contribution < -0.4 is 5.73 Å². The monoisotopic (exact) mass is 270 g/mol. The molecule has 1 aromatic rings. The zero-order valence-electron chi connectivity index (χ0n) is 10.5. The molecule has 18 heavy (non-hydrogen) atoms. The maximum absolute atomic E-state index is 13.2. The molecule has 0 amide bonds. The molecule has 1 aliphatic rings. The number of likely N-dealkylation sites (tertiary alicyclic amines) is 1. The lowest BCUT2D eigenvalue weighted by molar-refractivity contribution is 0.173. The molecular weight excluding hydrogens is 251 g/mol. The van der Waals surface area contributed by atoms with Gasteiger partial charge in [0.15, 0.2) is 0 Å². The normalized spacial score (nSPS) is 18.2. The molecule has 0 saturated carbocycles. The van der Waals surface area contributed by atoms with Crippen molar-refractivity contribution in [3.63, 3.8) is 0 Å². The second-order valence-electron chi connectivity index (χ2n) is 5.07. The van der Waals surface area contributed by atoms with Gasteiger partial charge in [-0.2, -0.15) is 0 Å². The number of piperidine rings is 1. The molecule has 0 unspecified atom stereocenters. The number of rotatable bonds is 4. The number of halogens is 2. The molecule has 2 nitrogen and oxygen atoms in total. The lowest BCUT2D eigenvalue weighted by atomic mass is 9.93. The predicted octanol–water partition coefficient (Wildman–Crippen LogP) is 3.04. The highest BCUT2D eigenvalue weighted by Crippen LogP contribution is 2.22. The summed E-state index contributed by atoms with van der Waals surface area (Å²) in [4.78, 5) is 2.36. The van der Waals surface area contributed by atoms with Crippen LogP contribution in [0, 0.1) is 11.7 Å². The Morgan fingerprint density at radius 2 is 2.00 bits per heavy atom. The van der Waals surface area contributed by atoms with Crippen LogP contribution in [0.15, 0.2) is 18.2 Å². The van der Waals surface area contributed by atoms with Crippen LogP contribution in [0.4, 0.5) is 4.39 Å². The summed E-state index contributed by atoms with van der Waals surface area (Å²) in [5, 5.41) is 0.475. The number of hydrogen-bond acceptors (Lipinski definition) is 2. The van der Waals surface area contributed by atoms with E-state index in [0.717, 1.165) is 44.1 Å². The van der Waals surface area contributed by atoms with Crippen molar-refractivity contribution < 1.29 is 4.39 Å². The highest BCUT2D eigenvalue weighted by Gasteiger charge is 2.18. The molecule has 0 atom stereocenters. The third kappa shape index (κ3) is 3.94. The second kappa shape index (κ2) is 6.50. The van der Waals surface area contributed by atoms with Crippen molar-refractivity contribution in [3.8, 4) is 0 Å². The van der Waals surface area contributed by atoms with E-state index in [0.29, 0.717) is 5.02 Å². The Morgan fingerprint density at radius 1 is 1.28 bits per heavy atom. The van der Waals surface area contributed by atoms with Gasteiger partial charge in [-0.15, -0.1) is 0 Å². The molecule has 2 rings (SSSR count). The molecule has 0 aliphatic carbocycles. The lowest BCUT2D eigenvalue weighted by Crippen LogP contribution is -2.33. The van der Waals surface area contributed by atoms with E-state index in [1.807, 2.05) is 6.07 Å². The Balaban J connectivity index is 1.87. The number of nitrogens with zero attached hydrogens (tertiary/aromatic N) is 1. The number of hydrogen-bond donors (Lipinski definition) is 1. The van der Waals surface area contributed by atoms with E-state index >= 15 is 0 Å². The fraction of sp³-hybridized carbons (Fsp3) is 0.571. The van der Waals surface area contributed by atoms with E-state index in [9.17, 15) is 4.39 Å². The van der Waals surface area contributed by atoms with Crippen molar-refractivity contribution in [1.29, 1.82) is 0 Å². The molecule has 1 aliphatic heterocycles. The van der Waals surface area contributed by atoms with Crippen LogP contribution >= 0.6 is 11.6 Å². The number of nitrogens with two attached hydrogens (primary N) is 1. The van der Waals surface area contributed by atoms with Gasteiger partial charge in [-0.25, -0.2) is 4.39 Å². The fourth-order valence-electron chi connectivity index (χ4n) is 2.63. The molecule has 0 aromatic heterocycles. The Kier molecular flexibility index (Phi) is 4.98.